The Labute approximate surface area is 51.8 Å². The molecule has 2 nitrogen and oxygen atoms in total. The van der Waals surface area contributed by atoms with E-state index in [4.69, 9.17) is 6.42 Å². The van der Waals surface area contributed by atoms with Crippen LogP contribution in [0.4, 0.5) is 4.39 Å². The van der Waals surface area contributed by atoms with Gasteiger partial charge in [0.2, 0.25) is 0 Å². The normalized spacial score (nSPS) is 8.44. The van der Waals surface area contributed by atoms with Crippen molar-refractivity contribution in [2.45, 2.75) is 0 Å². The molecule has 0 saturated carbocycles. The molecule has 0 amide bonds. The van der Waals surface area contributed by atoms with E-state index >= 15 is 0 Å². The number of rotatable bonds is 0. The first-order chi connectivity index (χ1) is 4.33. The standard InChI is InChI=1S/C6H3FN2/c1-2-5-3-8-6(7)9-4-5/h1,3-4H. The summed E-state index contributed by atoms with van der Waals surface area (Å²) in [5.74, 6) is 2.26. The van der Waals surface area contributed by atoms with Crippen LogP contribution in [0.15, 0.2) is 12.4 Å². The van der Waals surface area contributed by atoms with Crippen LogP contribution in [-0.4, -0.2) is 9.97 Å². The fourth-order valence-electron chi connectivity index (χ4n) is 0.387. The lowest BCUT2D eigenvalue weighted by atomic mass is 10.4. The molecule has 0 aliphatic carbocycles. The van der Waals surface area contributed by atoms with Crippen molar-refractivity contribution in [3.05, 3.63) is 24.0 Å². The first kappa shape index (κ1) is 5.70. The number of hydrogen-bond donors (Lipinski definition) is 0. The van der Waals surface area contributed by atoms with Gasteiger partial charge in [-0.25, -0.2) is 9.97 Å². The molecule has 3 heteroatoms. The highest BCUT2D eigenvalue weighted by molar-refractivity contribution is 5.25. The Hall–Kier alpha value is -1.43. The summed E-state index contributed by atoms with van der Waals surface area (Å²) in [7, 11) is 0. The minimum atomic E-state index is -0.756. The van der Waals surface area contributed by atoms with E-state index in [-0.39, 0.29) is 0 Å². The lowest BCUT2D eigenvalue weighted by Crippen LogP contribution is -1.87. The monoisotopic (exact) mass is 122 g/mol. The predicted molar refractivity (Wildman–Crippen MR) is 29.9 cm³/mol. The van der Waals surface area contributed by atoms with Crippen LogP contribution < -0.4 is 0 Å². The van der Waals surface area contributed by atoms with Gasteiger partial charge in [0.1, 0.15) is 0 Å². The van der Waals surface area contributed by atoms with E-state index in [1.54, 1.807) is 0 Å². The highest BCUT2D eigenvalue weighted by atomic mass is 19.1. The summed E-state index contributed by atoms with van der Waals surface area (Å²) in [6.07, 6.45) is 6.70. The van der Waals surface area contributed by atoms with Crippen molar-refractivity contribution in [3.63, 3.8) is 0 Å². The zero-order valence-electron chi connectivity index (χ0n) is 4.50. The zero-order chi connectivity index (χ0) is 6.69. The summed E-state index contributed by atoms with van der Waals surface area (Å²) in [5.41, 5.74) is 0.483. The third-order valence-corrected chi connectivity index (χ3v) is 0.787. The Balaban J connectivity index is 3.06. The molecular weight excluding hydrogens is 119 g/mol. The van der Waals surface area contributed by atoms with Gasteiger partial charge < -0.3 is 0 Å². The largest absolute Gasteiger partial charge is 0.308 e. The van der Waals surface area contributed by atoms with Crippen molar-refractivity contribution < 1.29 is 4.39 Å². The van der Waals surface area contributed by atoms with E-state index in [0.717, 1.165) is 0 Å². The zero-order valence-corrected chi connectivity index (χ0v) is 4.50. The summed E-state index contributed by atoms with van der Waals surface area (Å²) in [5, 5.41) is 0. The smallest absolute Gasteiger partial charge is 0.209 e. The van der Waals surface area contributed by atoms with Gasteiger partial charge in [0.15, 0.2) is 0 Å². The molecule has 1 aromatic heterocycles. The Morgan fingerprint density at radius 2 is 2.00 bits per heavy atom. The first-order valence-electron chi connectivity index (χ1n) is 2.27. The molecule has 1 heterocycles. The molecule has 0 aromatic carbocycles. The number of hydrogen-bond acceptors (Lipinski definition) is 2. The second-order valence-electron chi connectivity index (χ2n) is 1.39. The SMILES string of the molecule is C#Cc1cnc(F)nc1. The van der Waals surface area contributed by atoms with Crippen molar-refractivity contribution >= 4 is 0 Å². The Morgan fingerprint density at radius 3 is 2.44 bits per heavy atom. The van der Waals surface area contributed by atoms with E-state index in [1.165, 1.54) is 12.4 Å². The number of halogens is 1. The van der Waals surface area contributed by atoms with Crippen LogP contribution in [0.5, 0.6) is 0 Å². The van der Waals surface area contributed by atoms with Gasteiger partial charge in [-0.2, -0.15) is 4.39 Å². The molecular formula is C6H3FN2. The molecule has 0 saturated heterocycles. The van der Waals surface area contributed by atoms with Gasteiger partial charge >= 0.3 is 6.08 Å². The summed E-state index contributed by atoms with van der Waals surface area (Å²) >= 11 is 0. The fourth-order valence-corrected chi connectivity index (χ4v) is 0.387. The molecule has 1 aromatic rings. The maximum absolute atomic E-state index is 11.9. The van der Waals surface area contributed by atoms with E-state index in [2.05, 4.69) is 15.9 Å². The molecule has 0 atom stereocenters. The maximum atomic E-state index is 11.9. The minimum Gasteiger partial charge on any atom is -0.209 e. The van der Waals surface area contributed by atoms with Gasteiger partial charge in [-0.1, -0.05) is 5.92 Å². The van der Waals surface area contributed by atoms with E-state index in [9.17, 15) is 4.39 Å². The molecule has 1 rings (SSSR count). The molecule has 9 heavy (non-hydrogen) atoms. The third-order valence-electron chi connectivity index (χ3n) is 0.787. The lowest BCUT2D eigenvalue weighted by molar-refractivity contribution is 0.538. The van der Waals surface area contributed by atoms with Crippen molar-refractivity contribution in [2.24, 2.45) is 0 Å². The number of aromatic nitrogens is 2. The topological polar surface area (TPSA) is 25.8 Å². The van der Waals surface area contributed by atoms with Crippen LogP contribution in [0.1, 0.15) is 5.56 Å². The number of terminal acetylenes is 1. The van der Waals surface area contributed by atoms with Gasteiger partial charge in [-0.15, -0.1) is 6.42 Å². The Bertz CT molecular complexity index is 234. The van der Waals surface area contributed by atoms with Gasteiger partial charge in [0.25, 0.3) is 0 Å². The minimum absolute atomic E-state index is 0.483. The summed E-state index contributed by atoms with van der Waals surface area (Å²) in [6, 6.07) is 0. The molecule has 0 fully saturated rings. The Kier molecular flexibility index (Phi) is 1.41. The van der Waals surface area contributed by atoms with E-state index < -0.39 is 6.08 Å². The van der Waals surface area contributed by atoms with E-state index in [1.807, 2.05) is 0 Å². The molecule has 0 radical (unpaired) electrons. The summed E-state index contributed by atoms with van der Waals surface area (Å²) < 4.78 is 11.9. The van der Waals surface area contributed by atoms with Gasteiger partial charge in [-0.05, 0) is 0 Å². The first-order valence-corrected chi connectivity index (χ1v) is 2.27. The van der Waals surface area contributed by atoms with Crippen LogP contribution in [0.3, 0.4) is 0 Å². The molecule has 0 spiro atoms. The average molecular weight is 122 g/mol. The van der Waals surface area contributed by atoms with Crippen LogP contribution in [0, 0.1) is 18.4 Å². The average Bonchev–Trinajstić information content (AvgIpc) is 1.90. The van der Waals surface area contributed by atoms with Crippen LogP contribution in [0.25, 0.3) is 0 Å². The fraction of sp³-hybridized carbons (Fsp3) is 0. The maximum Gasteiger partial charge on any atom is 0.308 e. The lowest BCUT2D eigenvalue weighted by Gasteiger charge is -1.85. The van der Waals surface area contributed by atoms with Crippen LogP contribution in [-0.2, 0) is 0 Å². The van der Waals surface area contributed by atoms with Gasteiger partial charge in [0, 0.05) is 12.4 Å². The molecule has 0 aliphatic rings. The van der Waals surface area contributed by atoms with Crippen LogP contribution in [0.2, 0.25) is 0 Å². The highest BCUT2D eigenvalue weighted by Gasteiger charge is 1.89. The highest BCUT2D eigenvalue weighted by Crippen LogP contribution is 1.90. The number of nitrogens with zero attached hydrogens (tertiary/aromatic N) is 2. The molecule has 0 bridgehead atoms. The third kappa shape index (κ3) is 1.23. The van der Waals surface area contributed by atoms with Gasteiger partial charge in [-0.3, -0.25) is 0 Å². The second kappa shape index (κ2) is 2.23. The van der Waals surface area contributed by atoms with Crippen molar-refractivity contribution in [3.8, 4) is 12.3 Å². The van der Waals surface area contributed by atoms with Crippen molar-refractivity contribution in [1.29, 1.82) is 0 Å². The van der Waals surface area contributed by atoms with Crippen LogP contribution >= 0.6 is 0 Å². The molecule has 0 unspecified atom stereocenters. The van der Waals surface area contributed by atoms with E-state index in [0.29, 0.717) is 5.56 Å². The predicted octanol–water partition coefficient (Wildman–Crippen LogP) is 0.597. The molecule has 0 aliphatic heterocycles. The van der Waals surface area contributed by atoms with Crippen molar-refractivity contribution in [2.75, 3.05) is 0 Å². The quantitative estimate of drug-likeness (QED) is 0.372. The second-order valence-corrected chi connectivity index (χ2v) is 1.39. The molecule has 44 valence electrons. The van der Waals surface area contributed by atoms with Crippen molar-refractivity contribution in [1.82, 2.24) is 9.97 Å². The van der Waals surface area contributed by atoms with Gasteiger partial charge in [0.05, 0.1) is 5.56 Å². The summed E-state index contributed by atoms with van der Waals surface area (Å²) in [4.78, 5) is 6.46. The summed E-state index contributed by atoms with van der Waals surface area (Å²) in [6.45, 7) is 0. The Morgan fingerprint density at radius 1 is 1.44 bits per heavy atom. The molecule has 0 N–H and O–H groups in total.